The van der Waals surface area contributed by atoms with Crippen LogP contribution in [-0.4, -0.2) is 23.5 Å². The van der Waals surface area contributed by atoms with E-state index < -0.39 is 0 Å². The largest absolute Gasteiger partial charge is 0.297 e. The molecule has 3 fully saturated rings. The molecule has 0 bridgehead atoms. The molecule has 0 aromatic carbocycles. The first kappa shape index (κ1) is 10.1. The van der Waals surface area contributed by atoms with Gasteiger partial charge in [-0.2, -0.15) is 0 Å². The smallest absolute Gasteiger partial charge is 0.0213 e. The molecule has 0 N–H and O–H groups in total. The van der Waals surface area contributed by atoms with Gasteiger partial charge in [0.2, 0.25) is 0 Å². The van der Waals surface area contributed by atoms with E-state index in [0.717, 1.165) is 17.8 Å². The molecular weight excluding hydrogens is 182 g/mol. The van der Waals surface area contributed by atoms with E-state index in [0.29, 0.717) is 5.54 Å². The zero-order valence-corrected chi connectivity index (χ0v) is 10.3. The first-order valence-electron chi connectivity index (χ1n) is 6.95. The molecule has 15 heavy (non-hydrogen) atoms. The van der Waals surface area contributed by atoms with Gasteiger partial charge in [0.15, 0.2) is 0 Å². The number of nitrogens with zero attached hydrogens (tertiary/aromatic N) is 1. The van der Waals surface area contributed by atoms with Crippen LogP contribution in [0.15, 0.2) is 0 Å². The molecule has 86 valence electrons. The van der Waals surface area contributed by atoms with Crippen LogP contribution < -0.4 is 0 Å². The van der Waals surface area contributed by atoms with Crippen molar-refractivity contribution in [3.63, 3.8) is 0 Å². The minimum atomic E-state index is 0.704. The predicted molar refractivity (Wildman–Crippen MR) is 63.8 cm³/mol. The summed E-state index contributed by atoms with van der Waals surface area (Å²) in [7, 11) is 0. The van der Waals surface area contributed by atoms with E-state index in [-0.39, 0.29) is 0 Å². The van der Waals surface area contributed by atoms with Gasteiger partial charge in [-0.1, -0.05) is 13.8 Å². The Kier molecular flexibility index (Phi) is 2.35. The first-order valence-corrected chi connectivity index (χ1v) is 6.95. The summed E-state index contributed by atoms with van der Waals surface area (Å²) in [6.45, 7) is 7.67. The van der Waals surface area contributed by atoms with Gasteiger partial charge < -0.3 is 0 Å². The summed E-state index contributed by atoms with van der Waals surface area (Å²) in [6.07, 6.45) is 9.01. The molecule has 0 unspecified atom stereocenters. The van der Waals surface area contributed by atoms with Gasteiger partial charge in [-0.3, -0.25) is 4.90 Å². The Hall–Kier alpha value is -0.0400. The maximum atomic E-state index is 2.86. The van der Waals surface area contributed by atoms with E-state index in [2.05, 4.69) is 18.7 Å². The number of likely N-dealkylation sites (tertiary alicyclic amines) is 1. The Morgan fingerprint density at radius 2 is 1.93 bits per heavy atom. The molecule has 1 atom stereocenters. The van der Waals surface area contributed by atoms with Crippen molar-refractivity contribution in [3.8, 4) is 0 Å². The molecule has 2 saturated carbocycles. The monoisotopic (exact) mass is 207 g/mol. The van der Waals surface area contributed by atoms with E-state index >= 15 is 0 Å². The summed E-state index contributed by atoms with van der Waals surface area (Å²) in [4.78, 5) is 2.86. The molecule has 1 heterocycles. The summed E-state index contributed by atoms with van der Waals surface area (Å²) < 4.78 is 0. The maximum absolute atomic E-state index is 2.86. The fraction of sp³-hybridized carbons (Fsp3) is 1.00. The lowest BCUT2D eigenvalue weighted by atomic mass is 9.81. The van der Waals surface area contributed by atoms with Crippen LogP contribution in [0.2, 0.25) is 0 Å². The molecule has 0 aromatic rings. The third-order valence-corrected chi connectivity index (χ3v) is 5.03. The highest BCUT2D eigenvalue weighted by Crippen LogP contribution is 2.52. The molecule has 2 aliphatic carbocycles. The highest BCUT2D eigenvalue weighted by atomic mass is 15.2. The van der Waals surface area contributed by atoms with E-state index in [1.165, 1.54) is 51.6 Å². The second kappa shape index (κ2) is 3.48. The average Bonchev–Trinajstić information content (AvgIpc) is 3.05. The van der Waals surface area contributed by atoms with Gasteiger partial charge in [-0.15, -0.1) is 0 Å². The van der Waals surface area contributed by atoms with E-state index in [1.54, 1.807) is 0 Å². The lowest BCUT2D eigenvalue weighted by Gasteiger charge is -2.41. The van der Waals surface area contributed by atoms with Crippen molar-refractivity contribution < 1.29 is 0 Å². The van der Waals surface area contributed by atoms with Crippen LogP contribution in [-0.2, 0) is 0 Å². The van der Waals surface area contributed by atoms with Gasteiger partial charge in [0.25, 0.3) is 0 Å². The molecular formula is C14H25N. The van der Waals surface area contributed by atoms with Crippen LogP contribution in [0, 0.1) is 17.8 Å². The van der Waals surface area contributed by atoms with Crippen molar-refractivity contribution in [3.05, 3.63) is 0 Å². The Balaban J connectivity index is 1.62. The van der Waals surface area contributed by atoms with Crippen LogP contribution >= 0.6 is 0 Å². The molecule has 3 rings (SSSR count). The Bertz CT molecular complexity index is 238. The summed E-state index contributed by atoms with van der Waals surface area (Å²) in [6, 6.07) is 0. The minimum absolute atomic E-state index is 0.704. The third kappa shape index (κ3) is 1.95. The summed E-state index contributed by atoms with van der Waals surface area (Å²) in [5, 5.41) is 0. The average molecular weight is 207 g/mol. The number of piperidine rings is 1. The van der Waals surface area contributed by atoms with E-state index in [9.17, 15) is 0 Å². The van der Waals surface area contributed by atoms with Gasteiger partial charge >= 0.3 is 0 Å². The van der Waals surface area contributed by atoms with Gasteiger partial charge in [0, 0.05) is 12.1 Å². The van der Waals surface area contributed by atoms with Crippen molar-refractivity contribution >= 4 is 0 Å². The van der Waals surface area contributed by atoms with Gasteiger partial charge in [-0.05, 0) is 62.8 Å². The van der Waals surface area contributed by atoms with Crippen LogP contribution in [0.1, 0.15) is 52.4 Å². The highest BCUT2D eigenvalue weighted by molar-refractivity contribution is 5.08. The Morgan fingerprint density at radius 1 is 1.20 bits per heavy atom. The fourth-order valence-electron chi connectivity index (χ4n) is 3.41. The topological polar surface area (TPSA) is 3.24 Å². The zero-order valence-electron chi connectivity index (χ0n) is 10.3. The van der Waals surface area contributed by atoms with Crippen LogP contribution in [0.3, 0.4) is 0 Å². The van der Waals surface area contributed by atoms with Crippen molar-refractivity contribution in [2.45, 2.75) is 57.9 Å². The number of rotatable bonds is 3. The lowest BCUT2D eigenvalue weighted by Crippen LogP contribution is -2.46. The number of hydrogen-bond donors (Lipinski definition) is 0. The second-order valence-corrected chi connectivity index (χ2v) is 6.61. The highest BCUT2D eigenvalue weighted by Gasteiger charge is 2.52. The van der Waals surface area contributed by atoms with Gasteiger partial charge in [0.1, 0.15) is 0 Å². The predicted octanol–water partition coefficient (Wildman–Crippen LogP) is 3.30. The van der Waals surface area contributed by atoms with Gasteiger partial charge in [-0.25, -0.2) is 0 Å². The standard InChI is InChI=1S/C14H25N/c1-11(2)13-5-8-15(10-12-3-4-12)14(9-13)6-7-14/h11-13H,3-10H2,1-2H3/t13-/m1/s1. The van der Waals surface area contributed by atoms with Crippen molar-refractivity contribution in [1.29, 1.82) is 0 Å². The molecule has 1 aliphatic heterocycles. The van der Waals surface area contributed by atoms with Crippen LogP contribution in [0.5, 0.6) is 0 Å². The SMILES string of the molecule is CC(C)[C@@H]1CCN(CC2CC2)C2(CC2)C1. The minimum Gasteiger partial charge on any atom is -0.297 e. The molecule has 1 spiro atoms. The molecule has 3 aliphatic rings. The second-order valence-electron chi connectivity index (χ2n) is 6.61. The molecule has 0 radical (unpaired) electrons. The zero-order chi connectivity index (χ0) is 10.5. The Labute approximate surface area is 94.2 Å². The van der Waals surface area contributed by atoms with Crippen molar-refractivity contribution in [1.82, 2.24) is 4.90 Å². The normalized spacial score (nSPS) is 35.0. The summed E-state index contributed by atoms with van der Waals surface area (Å²) in [5.41, 5.74) is 0.704. The summed E-state index contributed by atoms with van der Waals surface area (Å²) in [5.74, 6) is 3.01. The first-order chi connectivity index (χ1) is 7.20. The molecule has 1 heteroatoms. The molecule has 1 nitrogen and oxygen atoms in total. The maximum Gasteiger partial charge on any atom is 0.0213 e. The number of hydrogen-bond acceptors (Lipinski definition) is 1. The Morgan fingerprint density at radius 3 is 2.47 bits per heavy atom. The van der Waals surface area contributed by atoms with Gasteiger partial charge in [0.05, 0.1) is 0 Å². The quantitative estimate of drug-likeness (QED) is 0.686. The summed E-state index contributed by atoms with van der Waals surface area (Å²) >= 11 is 0. The van der Waals surface area contributed by atoms with Crippen molar-refractivity contribution in [2.75, 3.05) is 13.1 Å². The fourth-order valence-corrected chi connectivity index (χ4v) is 3.41. The van der Waals surface area contributed by atoms with Crippen LogP contribution in [0.4, 0.5) is 0 Å². The molecule has 0 amide bonds. The van der Waals surface area contributed by atoms with E-state index in [1.807, 2.05) is 0 Å². The third-order valence-electron chi connectivity index (χ3n) is 5.03. The van der Waals surface area contributed by atoms with E-state index in [4.69, 9.17) is 0 Å². The lowest BCUT2D eigenvalue weighted by molar-refractivity contribution is 0.0721. The van der Waals surface area contributed by atoms with Crippen molar-refractivity contribution in [2.24, 2.45) is 17.8 Å². The molecule has 0 aromatic heterocycles. The molecule has 1 saturated heterocycles. The van der Waals surface area contributed by atoms with Crippen LogP contribution in [0.25, 0.3) is 0 Å².